The Balaban J connectivity index is 2.07. The summed E-state index contributed by atoms with van der Waals surface area (Å²) < 4.78 is 5.41. The number of methoxy groups -OCH3 is 1. The maximum atomic E-state index is 11.5. The van der Waals surface area contributed by atoms with Crippen molar-refractivity contribution in [2.45, 2.75) is 32.3 Å². The maximum absolute atomic E-state index is 11.5. The molecule has 1 fully saturated rings. The molecule has 0 spiro atoms. The topological polar surface area (TPSA) is 42.4 Å². The number of ether oxygens (including phenoxy) is 1. The minimum absolute atomic E-state index is 0.0926. The number of anilines is 1. The first-order valence-electron chi connectivity index (χ1n) is 6.51. The van der Waals surface area contributed by atoms with Crippen molar-refractivity contribution < 1.29 is 9.53 Å². The predicted octanol–water partition coefficient (Wildman–Crippen LogP) is 2.29. The number of aromatic nitrogens is 1. The van der Waals surface area contributed by atoms with Crippen molar-refractivity contribution in [3.8, 4) is 0 Å². The Kier molecular flexibility index (Phi) is 4.31. The van der Waals surface area contributed by atoms with E-state index in [2.05, 4.69) is 9.88 Å². The highest BCUT2D eigenvalue weighted by Gasteiger charge is 2.19. The second kappa shape index (κ2) is 5.96. The van der Waals surface area contributed by atoms with E-state index in [1.807, 2.05) is 19.1 Å². The van der Waals surface area contributed by atoms with Crippen molar-refractivity contribution in [2.24, 2.45) is 0 Å². The minimum Gasteiger partial charge on any atom is -0.380 e. The van der Waals surface area contributed by atoms with Crippen LogP contribution < -0.4 is 4.90 Å². The van der Waals surface area contributed by atoms with E-state index in [0.717, 1.165) is 31.6 Å². The zero-order chi connectivity index (χ0) is 13.0. The molecule has 0 amide bonds. The van der Waals surface area contributed by atoms with E-state index in [-0.39, 0.29) is 5.78 Å². The Morgan fingerprint density at radius 3 is 3.00 bits per heavy atom. The van der Waals surface area contributed by atoms with Crippen molar-refractivity contribution in [2.75, 3.05) is 25.1 Å². The molecule has 1 aliphatic heterocycles. The lowest BCUT2D eigenvalue weighted by Crippen LogP contribution is -2.39. The summed E-state index contributed by atoms with van der Waals surface area (Å²) in [6, 6.07) is 3.80. The fourth-order valence-corrected chi connectivity index (χ4v) is 2.28. The van der Waals surface area contributed by atoms with Crippen LogP contribution in [0.25, 0.3) is 0 Å². The summed E-state index contributed by atoms with van der Waals surface area (Å²) in [5, 5.41) is 0. The summed E-state index contributed by atoms with van der Waals surface area (Å²) in [5.74, 6) is 0.0926. The number of rotatable bonds is 4. The second-order valence-electron chi connectivity index (χ2n) is 4.62. The number of carbonyl (C=O) groups excluding carboxylic acids is 1. The number of nitrogens with zero attached hydrogens (tertiary/aromatic N) is 2. The molecule has 4 nitrogen and oxygen atoms in total. The minimum atomic E-state index is 0.0926. The molecule has 0 aromatic carbocycles. The number of pyridine rings is 1. The van der Waals surface area contributed by atoms with Gasteiger partial charge < -0.3 is 9.64 Å². The van der Waals surface area contributed by atoms with Crippen LogP contribution in [0, 0.1) is 0 Å². The molecule has 0 radical (unpaired) electrons. The molecule has 1 aromatic heterocycles. The number of Topliss-reactive ketones (excluding diaryl/α,β-unsaturated/α-hetero) is 1. The molecule has 1 aliphatic rings. The fraction of sp³-hybridized carbons (Fsp3) is 0.571. The molecule has 18 heavy (non-hydrogen) atoms. The highest BCUT2D eigenvalue weighted by atomic mass is 16.5. The molecule has 1 unspecified atom stereocenters. The molecule has 0 N–H and O–H groups in total. The van der Waals surface area contributed by atoms with Gasteiger partial charge in [-0.25, -0.2) is 0 Å². The van der Waals surface area contributed by atoms with Crippen LogP contribution in [0.1, 0.15) is 36.7 Å². The van der Waals surface area contributed by atoms with Gasteiger partial charge in [0.2, 0.25) is 0 Å². The Labute approximate surface area is 108 Å². The van der Waals surface area contributed by atoms with E-state index in [4.69, 9.17) is 4.74 Å². The van der Waals surface area contributed by atoms with Gasteiger partial charge in [-0.2, -0.15) is 0 Å². The molecule has 0 bridgehead atoms. The molecule has 2 heterocycles. The van der Waals surface area contributed by atoms with E-state index in [1.165, 1.54) is 0 Å². The molecular formula is C14H20N2O2. The normalized spacial score (nSPS) is 19.9. The average molecular weight is 248 g/mol. The summed E-state index contributed by atoms with van der Waals surface area (Å²) in [4.78, 5) is 18.0. The van der Waals surface area contributed by atoms with Gasteiger partial charge in [0.05, 0.1) is 18.0 Å². The highest BCUT2D eigenvalue weighted by Crippen LogP contribution is 2.20. The van der Waals surface area contributed by atoms with Gasteiger partial charge in [-0.1, -0.05) is 6.92 Å². The van der Waals surface area contributed by atoms with Crippen LogP contribution >= 0.6 is 0 Å². The van der Waals surface area contributed by atoms with Gasteiger partial charge in [0.15, 0.2) is 5.78 Å². The quantitative estimate of drug-likeness (QED) is 0.767. The van der Waals surface area contributed by atoms with Gasteiger partial charge >= 0.3 is 0 Å². The van der Waals surface area contributed by atoms with Crippen LogP contribution in [0.2, 0.25) is 0 Å². The molecule has 4 heteroatoms. The van der Waals surface area contributed by atoms with E-state index >= 15 is 0 Å². The third-order valence-corrected chi connectivity index (χ3v) is 3.43. The van der Waals surface area contributed by atoms with Gasteiger partial charge in [0.25, 0.3) is 0 Å². The van der Waals surface area contributed by atoms with Crippen LogP contribution in [-0.2, 0) is 4.74 Å². The number of piperidine rings is 1. The highest BCUT2D eigenvalue weighted by molar-refractivity contribution is 5.94. The molecule has 1 saturated heterocycles. The van der Waals surface area contributed by atoms with E-state index in [9.17, 15) is 4.79 Å². The lowest BCUT2D eigenvalue weighted by atomic mass is 10.1. The summed E-state index contributed by atoms with van der Waals surface area (Å²) in [6.07, 6.45) is 4.85. The van der Waals surface area contributed by atoms with Gasteiger partial charge in [-0.3, -0.25) is 9.78 Å². The van der Waals surface area contributed by atoms with Crippen molar-refractivity contribution in [3.63, 3.8) is 0 Å². The second-order valence-corrected chi connectivity index (χ2v) is 4.62. The largest absolute Gasteiger partial charge is 0.380 e. The predicted molar refractivity (Wildman–Crippen MR) is 71.1 cm³/mol. The lowest BCUT2D eigenvalue weighted by Gasteiger charge is -2.33. The third-order valence-electron chi connectivity index (χ3n) is 3.43. The zero-order valence-corrected chi connectivity index (χ0v) is 11.1. The van der Waals surface area contributed by atoms with Crippen LogP contribution in [0.5, 0.6) is 0 Å². The summed E-state index contributed by atoms with van der Waals surface area (Å²) in [5.41, 5.74) is 1.63. The molecule has 1 atom stereocenters. The summed E-state index contributed by atoms with van der Waals surface area (Å²) in [7, 11) is 1.76. The van der Waals surface area contributed by atoms with Crippen LogP contribution in [0.15, 0.2) is 18.3 Å². The lowest BCUT2D eigenvalue weighted by molar-refractivity contribution is 0.0893. The Morgan fingerprint density at radius 1 is 1.56 bits per heavy atom. The number of hydrogen-bond donors (Lipinski definition) is 0. The number of ketones is 1. The molecule has 98 valence electrons. The van der Waals surface area contributed by atoms with Gasteiger partial charge in [-0.15, -0.1) is 0 Å². The van der Waals surface area contributed by atoms with Gasteiger partial charge in [-0.05, 0) is 25.0 Å². The molecule has 2 rings (SSSR count). The Bertz CT molecular complexity index is 403. The van der Waals surface area contributed by atoms with Gasteiger partial charge in [0, 0.05) is 26.6 Å². The first-order valence-corrected chi connectivity index (χ1v) is 6.51. The monoisotopic (exact) mass is 248 g/mol. The Morgan fingerprint density at radius 2 is 2.39 bits per heavy atom. The van der Waals surface area contributed by atoms with Crippen molar-refractivity contribution in [3.05, 3.63) is 24.0 Å². The summed E-state index contributed by atoms with van der Waals surface area (Å²) >= 11 is 0. The summed E-state index contributed by atoms with van der Waals surface area (Å²) in [6.45, 7) is 3.79. The van der Waals surface area contributed by atoms with Crippen molar-refractivity contribution in [1.82, 2.24) is 4.98 Å². The van der Waals surface area contributed by atoms with E-state index in [0.29, 0.717) is 18.2 Å². The van der Waals surface area contributed by atoms with E-state index < -0.39 is 0 Å². The SMILES string of the molecule is CCC(=O)c1ccc(N2CCCC(OC)C2)cn1. The number of hydrogen-bond acceptors (Lipinski definition) is 4. The third kappa shape index (κ3) is 2.88. The molecular weight excluding hydrogens is 228 g/mol. The number of carbonyl (C=O) groups is 1. The van der Waals surface area contributed by atoms with Crippen LogP contribution in [0.3, 0.4) is 0 Å². The van der Waals surface area contributed by atoms with E-state index in [1.54, 1.807) is 13.3 Å². The molecule has 0 aliphatic carbocycles. The first-order chi connectivity index (χ1) is 8.74. The maximum Gasteiger partial charge on any atom is 0.180 e. The van der Waals surface area contributed by atoms with Gasteiger partial charge in [0.1, 0.15) is 5.69 Å². The standard InChI is InChI=1S/C14H20N2O2/c1-3-14(17)13-7-6-11(9-15-13)16-8-4-5-12(10-16)18-2/h6-7,9,12H,3-5,8,10H2,1-2H3. The van der Waals surface area contributed by atoms with Crippen molar-refractivity contribution in [1.29, 1.82) is 0 Å². The average Bonchev–Trinajstić information content (AvgIpc) is 2.46. The zero-order valence-electron chi connectivity index (χ0n) is 11.1. The fourth-order valence-electron chi connectivity index (χ4n) is 2.28. The first kappa shape index (κ1) is 13.0. The van der Waals surface area contributed by atoms with Crippen LogP contribution in [-0.4, -0.2) is 37.1 Å². The molecule has 1 aromatic rings. The van der Waals surface area contributed by atoms with Crippen LogP contribution in [0.4, 0.5) is 5.69 Å². The molecule has 0 saturated carbocycles. The van der Waals surface area contributed by atoms with Crippen molar-refractivity contribution >= 4 is 11.5 Å². The smallest absolute Gasteiger partial charge is 0.180 e. The Hall–Kier alpha value is -1.42.